The quantitative estimate of drug-likeness (QED) is 0.885. The van der Waals surface area contributed by atoms with Crippen LogP contribution in [0.5, 0.6) is 11.5 Å². The molecule has 0 radical (unpaired) electrons. The van der Waals surface area contributed by atoms with Gasteiger partial charge < -0.3 is 14.6 Å². The fourth-order valence-corrected chi connectivity index (χ4v) is 1.73. The number of hydrogen-bond donors (Lipinski definition) is 1. The van der Waals surface area contributed by atoms with Crippen molar-refractivity contribution in [3.05, 3.63) is 22.7 Å². The Kier molecular flexibility index (Phi) is 4.05. The van der Waals surface area contributed by atoms with E-state index in [1.165, 1.54) is 0 Å². The molecule has 0 atom stereocenters. The highest BCUT2D eigenvalue weighted by Crippen LogP contribution is 2.40. The molecule has 4 heteroatoms. The van der Waals surface area contributed by atoms with Crippen LogP contribution in [0.3, 0.4) is 0 Å². The van der Waals surface area contributed by atoms with Gasteiger partial charge in [0.1, 0.15) is 0 Å². The maximum atomic E-state index is 9.38. The fraction of sp³-hybridized carbons (Fsp3) is 0.500. The van der Waals surface area contributed by atoms with Gasteiger partial charge in [0.15, 0.2) is 11.5 Å². The predicted octanol–water partition coefficient (Wildman–Crippen LogP) is 2.63. The van der Waals surface area contributed by atoms with Crippen molar-refractivity contribution in [3.8, 4) is 11.5 Å². The number of aliphatic hydroxyl groups is 1. The molecule has 90 valence electrons. The van der Waals surface area contributed by atoms with E-state index < -0.39 is 5.41 Å². The van der Waals surface area contributed by atoms with Crippen LogP contribution in [0.2, 0.25) is 5.02 Å². The predicted molar refractivity (Wildman–Crippen MR) is 64.7 cm³/mol. The Hall–Kier alpha value is -0.930. The van der Waals surface area contributed by atoms with E-state index in [0.717, 1.165) is 5.56 Å². The van der Waals surface area contributed by atoms with E-state index in [9.17, 15) is 5.11 Å². The molecule has 0 aromatic heterocycles. The van der Waals surface area contributed by atoms with E-state index in [0.29, 0.717) is 16.5 Å². The number of aliphatic hydroxyl groups excluding tert-OH is 1. The van der Waals surface area contributed by atoms with Gasteiger partial charge in [0.05, 0.1) is 20.8 Å². The highest BCUT2D eigenvalue weighted by Gasteiger charge is 2.26. The summed E-state index contributed by atoms with van der Waals surface area (Å²) < 4.78 is 10.5. The second-order valence-electron chi connectivity index (χ2n) is 4.23. The lowest BCUT2D eigenvalue weighted by Crippen LogP contribution is -2.23. The van der Waals surface area contributed by atoms with Crippen LogP contribution in [0.1, 0.15) is 19.4 Å². The molecule has 0 fully saturated rings. The zero-order valence-electron chi connectivity index (χ0n) is 10.0. The zero-order chi connectivity index (χ0) is 12.3. The summed E-state index contributed by atoms with van der Waals surface area (Å²) in [6.07, 6.45) is 0. The molecule has 0 unspecified atom stereocenters. The Morgan fingerprint density at radius 3 is 2.31 bits per heavy atom. The second kappa shape index (κ2) is 4.93. The van der Waals surface area contributed by atoms with Gasteiger partial charge in [-0.25, -0.2) is 0 Å². The van der Waals surface area contributed by atoms with Gasteiger partial charge in [-0.3, -0.25) is 0 Å². The Morgan fingerprint density at radius 2 is 1.88 bits per heavy atom. The lowest BCUT2D eigenvalue weighted by molar-refractivity contribution is 0.213. The number of benzene rings is 1. The molecule has 0 aliphatic heterocycles. The Bertz CT molecular complexity index is 375. The van der Waals surface area contributed by atoms with Gasteiger partial charge in [-0.15, -0.1) is 0 Å². The minimum absolute atomic E-state index is 0.00680. The first-order chi connectivity index (χ1) is 7.46. The molecular formula is C12H17ClO3. The van der Waals surface area contributed by atoms with Gasteiger partial charge in [-0.05, 0) is 6.07 Å². The van der Waals surface area contributed by atoms with Crippen molar-refractivity contribution in [2.45, 2.75) is 19.3 Å². The molecule has 1 N–H and O–H groups in total. The van der Waals surface area contributed by atoms with Crippen molar-refractivity contribution in [2.24, 2.45) is 0 Å². The summed E-state index contributed by atoms with van der Waals surface area (Å²) in [6.45, 7) is 3.84. The van der Waals surface area contributed by atoms with Crippen LogP contribution in [0, 0.1) is 0 Å². The number of methoxy groups -OCH3 is 2. The maximum absolute atomic E-state index is 9.38. The van der Waals surface area contributed by atoms with Crippen LogP contribution in [0.4, 0.5) is 0 Å². The SMILES string of the molecule is COc1cc(Cl)cc(C(C)(C)CO)c1OC. The molecular weight excluding hydrogens is 228 g/mol. The molecule has 0 spiro atoms. The van der Waals surface area contributed by atoms with Crippen molar-refractivity contribution in [2.75, 3.05) is 20.8 Å². The molecule has 0 amide bonds. The van der Waals surface area contributed by atoms with E-state index >= 15 is 0 Å². The number of ether oxygens (including phenoxy) is 2. The average Bonchev–Trinajstić information content (AvgIpc) is 2.27. The normalized spacial score (nSPS) is 11.4. The standard InChI is InChI=1S/C12H17ClO3/c1-12(2,7-14)9-5-8(13)6-10(15-3)11(9)16-4/h5-6,14H,7H2,1-4H3. The first kappa shape index (κ1) is 13.1. The third kappa shape index (κ3) is 2.42. The molecule has 16 heavy (non-hydrogen) atoms. The van der Waals surface area contributed by atoms with Gasteiger partial charge in [0, 0.05) is 22.1 Å². The third-order valence-electron chi connectivity index (χ3n) is 2.57. The summed E-state index contributed by atoms with van der Waals surface area (Å²) in [5, 5.41) is 9.95. The van der Waals surface area contributed by atoms with E-state index in [1.807, 2.05) is 13.8 Å². The van der Waals surface area contributed by atoms with E-state index in [2.05, 4.69) is 0 Å². The number of rotatable bonds is 4. The minimum atomic E-state index is -0.427. The molecule has 1 rings (SSSR count). The minimum Gasteiger partial charge on any atom is -0.493 e. The summed E-state index contributed by atoms with van der Waals surface area (Å²) >= 11 is 6.00. The zero-order valence-corrected chi connectivity index (χ0v) is 10.8. The van der Waals surface area contributed by atoms with E-state index in [4.69, 9.17) is 21.1 Å². The first-order valence-electron chi connectivity index (χ1n) is 4.99. The molecule has 0 heterocycles. The van der Waals surface area contributed by atoms with Gasteiger partial charge in [-0.2, -0.15) is 0 Å². The lowest BCUT2D eigenvalue weighted by Gasteiger charge is -2.26. The monoisotopic (exact) mass is 244 g/mol. The van der Waals surface area contributed by atoms with Gasteiger partial charge in [0.2, 0.25) is 0 Å². The molecule has 0 bridgehead atoms. The van der Waals surface area contributed by atoms with Crippen LogP contribution in [0.15, 0.2) is 12.1 Å². The Morgan fingerprint density at radius 1 is 1.25 bits per heavy atom. The third-order valence-corrected chi connectivity index (χ3v) is 2.79. The van der Waals surface area contributed by atoms with Gasteiger partial charge >= 0.3 is 0 Å². The van der Waals surface area contributed by atoms with Crippen LogP contribution in [-0.4, -0.2) is 25.9 Å². The molecule has 1 aromatic carbocycles. The molecule has 0 aliphatic carbocycles. The van der Waals surface area contributed by atoms with Gasteiger partial charge in [0.25, 0.3) is 0 Å². The summed E-state index contributed by atoms with van der Waals surface area (Å²) in [5.74, 6) is 1.19. The summed E-state index contributed by atoms with van der Waals surface area (Å²) in [4.78, 5) is 0. The van der Waals surface area contributed by atoms with Crippen LogP contribution in [-0.2, 0) is 5.41 Å². The summed E-state index contributed by atoms with van der Waals surface area (Å²) in [5.41, 5.74) is 0.408. The van der Waals surface area contributed by atoms with E-state index in [-0.39, 0.29) is 6.61 Å². The molecule has 0 saturated heterocycles. The molecule has 0 aliphatic rings. The van der Waals surface area contributed by atoms with Crippen LogP contribution < -0.4 is 9.47 Å². The molecule has 0 saturated carbocycles. The topological polar surface area (TPSA) is 38.7 Å². The highest BCUT2D eigenvalue weighted by molar-refractivity contribution is 6.30. The average molecular weight is 245 g/mol. The maximum Gasteiger partial charge on any atom is 0.164 e. The lowest BCUT2D eigenvalue weighted by atomic mass is 9.84. The Balaban J connectivity index is 3.42. The fourth-order valence-electron chi connectivity index (χ4n) is 1.52. The number of halogens is 1. The summed E-state index contributed by atoms with van der Waals surface area (Å²) in [7, 11) is 3.13. The van der Waals surface area contributed by atoms with E-state index in [1.54, 1.807) is 26.4 Å². The second-order valence-corrected chi connectivity index (χ2v) is 4.67. The molecule has 1 aromatic rings. The van der Waals surface area contributed by atoms with Crippen molar-refractivity contribution in [3.63, 3.8) is 0 Å². The largest absolute Gasteiger partial charge is 0.493 e. The Labute approximate surface area is 101 Å². The van der Waals surface area contributed by atoms with Crippen LogP contribution >= 0.6 is 11.6 Å². The first-order valence-corrected chi connectivity index (χ1v) is 5.37. The molecule has 3 nitrogen and oxygen atoms in total. The van der Waals surface area contributed by atoms with Crippen molar-refractivity contribution in [1.82, 2.24) is 0 Å². The van der Waals surface area contributed by atoms with Crippen molar-refractivity contribution >= 4 is 11.6 Å². The van der Waals surface area contributed by atoms with Crippen LogP contribution in [0.25, 0.3) is 0 Å². The smallest absolute Gasteiger partial charge is 0.164 e. The van der Waals surface area contributed by atoms with Gasteiger partial charge in [-0.1, -0.05) is 25.4 Å². The highest BCUT2D eigenvalue weighted by atomic mass is 35.5. The number of hydrogen-bond acceptors (Lipinski definition) is 3. The summed E-state index contributed by atoms with van der Waals surface area (Å²) in [6, 6.07) is 3.48. The van der Waals surface area contributed by atoms with Crippen molar-refractivity contribution in [1.29, 1.82) is 0 Å². The van der Waals surface area contributed by atoms with Crippen molar-refractivity contribution < 1.29 is 14.6 Å².